The van der Waals surface area contributed by atoms with Crippen LogP contribution >= 0.6 is 11.6 Å². The quantitative estimate of drug-likeness (QED) is 0.813. The Balaban J connectivity index is 2.14. The molecule has 1 saturated carbocycles. The van der Waals surface area contributed by atoms with Gasteiger partial charge in [-0.2, -0.15) is 0 Å². The Kier molecular flexibility index (Phi) is 3.78. The molecule has 1 aromatic rings. The SMILES string of the molecule is CNc1ncnc(Cl)c1NC(=O)C1CCCC1. The zero-order valence-electron chi connectivity index (χ0n) is 9.66. The van der Waals surface area contributed by atoms with Crippen LogP contribution in [0.1, 0.15) is 25.7 Å². The molecular weight excluding hydrogens is 240 g/mol. The minimum atomic E-state index is 0.00991. The fourth-order valence-corrected chi connectivity index (χ4v) is 2.26. The van der Waals surface area contributed by atoms with Gasteiger partial charge in [0.1, 0.15) is 12.0 Å². The van der Waals surface area contributed by atoms with E-state index in [1.165, 1.54) is 6.33 Å². The summed E-state index contributed by atoms with van der Waals surface area (Å²) in [6.45, 7) is 0. The molecule has 17 heavy (non-hydrogen) atoms. The van der Waals surface area contributed by atoms with Crippen molar-refractivity contribution < 1.29 is 4.79 Å². The van der Waals surface area contributed by atoms with E-state index in [0.29, 0.717) is 11.5 Å². The fraction of sp³-hybridized carbons (Fsp3) is 0.545. The third-order valence-corrected chi connectivity index (χ3v) is 3.30. The van der Waals surface area contributed by atoms with Crippen LogP contribution in [-0.2, 0) is 4.79 Å². The van der Waals surface area contributed by atoms with Crippen LogP contribution in [0.2, 0.25) is 5.15 Å². The van der Waals surface area contributed by atoms with Gasteiger partial charge in [0, 0.05) is 13.0 Å². The third kappa shape index (κ3) is 2.66. The molecule has 2 N–H and O–H groups in total. The van der Waals surface area contributed by atoms with Gasteiger partial charge in [0.25, 0.3) is 0 Å². The second-order valence-corrected chi connectivity index (χ2v) is 4.47. The van der Waals surface area contributed by atoms with Crippen molar-refractivity contribution in [2.45, 2.75) is 25.7 Å². The van der Waals surface area contributed by atoms with Gasteiger partial charge in [-0.3, -0.25) is 4.79 Å². The van der Waals surface area contributed by atoms with Crippen molar-refractivity contribution in [1.29, 1.82) is 0 Å². The summed E-state index contributed by atoms with van der Waals surface area (Å²) in [6, 6.07) is 0. The van der Waals surface area contributed by atoms with E-state index in [0.717, 1.165) is 25.7 Å². The van der Waals surface area contributed by atoms with E-state index in [2.05, 4.69) is 20.6 Å². The first-order valence-electron chi connectivity index (χ1n) is 5.71. The molecule has 0 radical (unpaired) electrons. The summed E-state index contributed by atoms with van der Waals surface area (Å²) in [7, 11) is 1.73. The Hall–Kier alpha value is -1.36. The number of rotatable bonds is 3. The third-order valence-electron chi connectivity index (χ3n) is 3.01. The molecule has 1 fully saturated rings. The molecule has 0 bridgehead atoms. The molecule has 92 valence electrons. The molecule has 0 atom stereocenters. The number of hydrogen-bond donors (Lipinski definition) is 2. The first-order valence-corrected chi connectivity index (χ1v) is 6.09. The average molecular weight is 255 g/mol. The molecule has 6 heteroatoms. The van der Waals surface area contributed by atoms with E-state index in [-0.39, 0.29) is 17.0 Å². The van der Waals surface area contributed by atoms with Crippen LogP contribution in [0.3, 0.4) is 0 Å². The highest BCUT2D eigenvalue weighted by Crippen LogP contribution is 2.29. The maximum atomic E-state index is 12.0. The number of hydrogen-bond acceptors (Lipinski definition) is 4. The van der Waals surface area contributed by atoms with Gasteiger partial charge in [-0.15, -0.1) is 0 Å². The molecule has 1 heterocycles. The second-order valence-electron chi connectivity index (χ2n) is 4.11. The average Bonchev–Trinajstić information content (AvgIpc) is 2.85. The van der Waals surface area contributed by atoms with Gasteiger partial charge < -0.3 is 10.6 Å². The zero-order chi connectivity index (χ0) is 12.3. The Labute approximate surface area is 105 Å². The molecule has 0 unspecified atom stereocenters. The summed E-state index contributed by atoms with van der Waals surface area (Å²) in [5.41, 5.74) is 0.466. The topological polar surface area (TPSA) is 66.9 Å². The Morgan fingerprint density at radius 2 is 2.12 bits per heavy atom. The number of carbonyl (C=O) groups excluding carboxylic acids is 1. The number of aromatic nitrogens is 2. The molecule has 1 aliphatic carbocycles. The molecule has 0 aromatic carbocycles. The molecule has 1 aliphatic rings. The molecule has 2 rings (SSSR count). The molecule has 5 nitrogen and oxygen atoms in total. The number of amides is 1. The lowest BCUT2D eigenvalue weighted by Gasteiger charge is -2.13. The normalized spacial score (nSPS) is 15.9. The maximum absolute atomic E-state index is 12.0. The summed E-state index contributed by atoms with van der Waals surface area (Å²) in [6.07, 6.45) is 5.50. The largest absolute Gasteiger partial charge is 0.371 e. The van der Waals surface area contributed by atoms with Gasteiger partial charge in [0.05, 0.1) is 0 Å². The highest BCUT2D eigenvalue weighted by molar-refractivity contribution is 6.33. The first-order chi connectivity index (χ1) is 8.22. The van der Waals surface area contributed by atoms with E-state index < -0.39 is 0 Å². The summed E-state index contributed by atoms with van der Waals surface area (Å²) in [5, 5.41) is 5.96. The summed E-state index contributed by atoms with van der Waals surface area (Å²) < 4.78 is 0. The number of carbonyl (C=O) groups is 1. The van der Waals surface area contributed by atoms with E-state index in [1.54, 1.807) is 7.05 Å². The standard InChI is InChI=1S/C11H15ClN4O/c1-13-10-8(9(12)14-6-15-10)16-11(17)7-4-2-3-5-7/h6-7H,2-5H2,1H3,(H,16,17)(H,13,14,15). The van der Waals surface area contributed by atoms with Gasteiger partial charge in [-0.25, -0.2) is 9.97 Å². The van der Waals surface area contributed by atoms with Crippen molar-refractivity contribution in [3.05, 3.63) is 11.5 Å². The second kappa shape index (κ2) is 5.31. The van der Waals surface area contributed by atoms with Crippen molar-refractivity contribution in [3.8, 4) is 0 Å². The lowest BCUT2D eigenvalue weighted by molar-refractivity contribution is -0.119. The van der Waals surface area contributed by atoms with Gasteiger partial charge in [0.2, 0.25) is 5.91 Å². The van der Waals surface area contributed by atoms with Crippen LogP contribution in [0.4, 0.5) is 11.5 Å². The van der Waals surface area contributed by atoms with Gasteiger partial charge in [-0.1, -0.05) is 24.4 Å². The van der Waals surface area contributed by atoms with E-state index in [1.807, 2.05) is 0 Å². The minimum Gasteiger partial charge on any atom is -0.371 e. The fourth-order valence-electron chi connectivity index (χ4n) is 2.08. The predicted molar refractivity (Wildman–Crippen MR) is 67.2 cm³/mol. The smallest absolute Gasteiger partial charge is 0.227 e. The van der Waals surface area contributed by atoms with Gasteiger partial charge in [0.15, 0.2) is 11.0 Å². The van der Waals surface area contributed by atoms with Crippen LogP contribution < -0.4 is 10.6 Å². The van der Waals surface area contributed by atoms with Crippen LogP contribution in [0.5, 0.6) is 0 Å². The molecule has 0 saturated heterocycles. The van der Waals surface area contributed by atoms with Crippen molar-refractivity contribution in [1.82, 2.24) is 9.97 Å². The van der Waals surface area contributed by atoms with Crippen molar-refractivity contribution >= 4 is 29.0 Å². The van der Waals surface area contributed by atoms with Crippen molar-refractivity contribution in [3.63, 3.8) is 0 Å². The summed E-state index contributed by atoms with van der Waals surface area (Å²) in [4.78, 5) is 19.9. The first kappa shape index (κ1) is 12.1. The highest BCUT2D eigenvalue weighted by atomic mass is 35.5. The zero-order valence-corrected chi connectivity index (χ0v) is 10.4. The molecule has 0 aliphatic heterocycles. The Bertz CT molecular complexity index is 418. The van der Waals surface area contributed by atoms with E-state index >= 15 is 0 Å². The van der Waals surface area contributed by atoms with E-state index in [4.69, 9.17) is 11.6 Å². The van der Waals surface area contributed by atoms with Crippen molar-refractivity contribution in [2.24, 2.45) is 5.92 Å². The highest BCUT2D eigenvalue weighted by Gasteiger charge is 2.24. The van der Waals surface area contributed by atoms with Crippen molar-refractivity contribution in [2.75, 3.05) is 17.7 Å². The van der Waals surface area contributed by atoms with E-state index in [9.17, 15) is 4.79 Å². The van der Waals surface area contributed by atoms with Crippen LogP contribution in [0, 0.1) is 5.92 Å². The Morgan fingerprint density at radius 3 is 2.76 bits per heavy atom. The van der Waals surface area contributed by atoms with Crippen LogP contribution in [0.25, 0.3) is 0 Å². The molecule has 0 spiro atoms. The van der Waals surface area contributed by atoms with Gasteiger partial charge >= 0.3 is 0 Å². The molecule has 1 aromatic heterocycles. The molecular formula is C11H15ClN4O. The van der Waals surface area contributed by atoms with Gasteiger partial charge in [-0.05, 0) is 12.8 Å². The number of nitrogens with one attached hydrogen (secondary N) is 2. The lowest BCUT2D eigenvalue weighted by Crippen LogP contribution is -2.21. The predicted octanol–water partition coefficient (Wildman–Crippen LogP) is 2.30. The number of halogens is 1. The maximum Gasteiger partial charge on any atom is 0.227 e. The Morgan fingerprint density at radius 1 is 1.41 bits per heavy atom. The lowest BCUT2D eigenvalue weighted by atomic mass is 10.1. The number of anilines is 2. The monoisotopic (exact) mass is 254 g/mol. The minimum absolute atomic E-state index is 0.00991. The van der Waals surface area contributed by atoms with Crippen LogP contribution in [-0.4, -0.2) is 22.9 Å². The molecule has 1 amide bonds. The summed E-state index contributed by atoms with van der Waals surface area (Å²) in [5.74, 6) is 0.642. The summed E-state index contributed by atoms with van der Waals surface area (Å²) >= 11 is 5.95. The van der Waals surface area contributed by atoms with Crippen LogP contribution in [0.15, 0.2) is 6.33 Å². The number of nitrogens with zero attached hydrogens (tertiary/aromatic N) is 2.